The Kier molecular flexibility index (Phi) is 8.74. The van der Waals surface area contributed by atoms with E-state index in [1.54, 1.807) is 6.07 Å². The van der Waals surface area contributed by atoms with E-state index in [4.69, 9.17) is 28.4 Å². The molecule has 1 aliphatic carbocycles. The van der Waals surface area contributed by atoms with Gasteiger partial charge >= 0.3 is 16.9 Å². The van der Waals surface area contributed by atoms with E-state index in [2.05, 4.69) is 20.0 Å². The van der Waals surface area contributed by atoms with Crippen LogP contribution in [0.3, 0.4) is 0 Å². The van der Waals surface area contributed by atoms with Crippen LogP contribution in [0, 0.1) is 5.21 Å². The normalized spacial score (nSPS) is 19.7. The Morgan fingerprint density at radius 1 is 1.00 bits per heavy atom. The van der Waals surface area contributed by atoms with Crippen LogP contribution in [-0.4, -0.2) is 70.2 Å². The third kappa shape index (κ3) is 6.08. The molecule has 0 saturated carbocycles. The zero-order valence-corrected chi connectivity index (χ0v) is 28.8. The predicted molar refractivity (Wildman–Crippen MR) is 175 cm³/mol. The summed E-state index contributed by atoms with van der Waals surface area (Å²) >= 11 is 0. The molecule has 0 spiro atoms. The molecule has 3 aromatic carbocycles. The number of hydrogen-bond acceptors (Lipinski definition) is 14. The van der Waals surface area contributed by atoms with Crippen LogP contribution in [0.5, 0.6) is 28.9 Å². The molecule has 0 bridgehead atoms. The highest BCUT2D eigenvalue weighted by Gasteiger charge is 2.47. The van der Waals surface area contributed by atoms with Gasteiger partial charge in [0.15, 0.2) is 23.0 Å². The van der Waals surface area contributed by atoms with Gasteiger partial charge in [0, 0.05) is 43.3 Å². The van der Waals surface area contributed by atoms with Crippen LogP contribution in [0.25, 0.3) is 0 Å². The molecular formula is C35H34N4O12S. The molecule has 1 amide bonds. The fourth-order valence-corrected chi connectivity index (χ4v) is 8.64. The van der Waals surface area contributed by atoms with E-state index >= 15 is 0 Å². The lowest BCUT2D eigenvalue weighted by Crippen LogP contribution is -2.45. The molecule has 4 aliphatic rings. The largest absolute Gasteiger partial charge is 0.461 e. The van der Waals surface area contributed by atoms with Gasteiger partial charge in [-0.15, -0.1) is 0 Å². The number of hydrogen-bond donors (Lipinski definition) is 1. The summed E-state index contributed by atoms with van der Waals surface area (Å²) in [6, 6.07) is 15.1. The number of likely N-dealkylation sites (N-methyl/N-ethyl adjacent to an activating group) is 1. The maximum atomic E-state index is 13.3. The van der Waals surface area contributed by atoms with E-state index in [1.165, 1.54) is 24.3 Å². The zero-order chi connectivity index (χ0) is 36.0. The summed E-state index contributed by atoms with van der Waals surface area (Å²) in [6.07, 6.45) is 0.241. The summed E-state index contributed by atoms with van der Waals surface area (Å²) in [5.41, 5.74) is 4.16. The number of ether oxygens (including phenoxy) is 6. The molecule has 0 unspecified atom stereocenters. The number of carbonyl (C=O) groups excluding carboxylic acids is 2. The number of esters is 1. The van der Waals surface area contributed by atoms with E-state index in [-0.39, 0.29) is 73.7 Å². The molecule has 0 radical (unpaired) electrons. The minimum absolute atomic E-state index is 0.0127. The predicted octanol–water partition coefficient (Wildman–Crippen LogP) is 2.70. The van der Waals surface area contributed by atoms with Crippen molar-refractivity contribution >= 4 is 21.7 Å². The van der Waals surface area contributed by atoms with Crippen LogP contribution in [0.15, 0.2) is 69.1 Å². The van der Waals surface area contributed by atoms with Crippen molar-refractivity contribution in [1.82, 2.24) is 15.4 Å². The van der Waals surface area contributed by atoms with Gasteiger partial charge < -0.3 is 38.9 Å². The molecule has 8 rings (SSSR count). The molecule has 3 aliphatic heterocycles. The standard InChI is InChI=1S/C35H34N4O12S/c1-38-17-24-22(10-11-25-33(24)49-19-46-25)31-28(15-20-14-26-27(48-18-47-26)16-23(20)32(31)38)50-30(41)9-5-8-29(40)36-12-13-45-34-35(39(42)51-37-34)52(43,44)21-6-3-2-4-7-21/h2-4,6-7,10-11,14,16,28,31-32H,5,8-9,12-13,15,17-19H2,1H3,(H,36,40)/t28-,31-,32+/m0/s1. The van der Waals surface area contributed by atoms with Crippen LogP contribution in [0.1, 0.15) is 53.5 Å². The molecule has 272 valence electrons. The highest BCUT2D eigenvalue weighted by molar-refractivity contribution is 7.91. The summed E-state index contributed by atoms with van der Waals surface area (Å²) in [5.74, 6) is 1.26. The summed E-state index contributed by atoms with van der Waals surface area (Å²) in [4.78, 5) is 27.7. The fraction of sp³-hybridized carbons (Fsp3) is 0.371. The molecule has 1 N–H and O–H groups in total. The third-order valence-electron chi connectivity index (χ3n) is 9.62. The molecule has 4 aromatic rings. The Labute approximate surface area is 297 Å². The van der Waals surface area contributed by atoms with Crippen molar-refractivity contribution in [3.05, 3.63) is 82.1 Å². The average Bonchev–Trinajstić information content (AvgIpc) is 3.89. The number of nitrogens with one attached hydrogen (secondary N) is 1. The molecule has 1 aromatic heterocycles. The number of rotatable bonds is 11. The van der Waals surface area contributed by atoms with Gasteiger partial charge in [0.05, 0.1) is 16.6 Å². The van der Waals surface area contributed by atoms with Crippen LogP contribution >= 0.6 is 0 Å². The first-order valence-corrected chi connectivity index (χ1v) is 18.2. The first-order chi connectivity index (χ1) is 25.2. The lowest BCUT2D eigenvalue weighted by Gasteiger charge is -2.47. The number of benzene rings is 3. The number of nitrogens with zero attached hydrogens (tertiary/aromatic N) is 3. The van der Waals surface area contributed by atoms with Gasteiger partial charge in [0.25, 0.3) is 9.84 Å². The number of amides is 1. The first kappa shape index (κ1) is 33.6. The monoisotopic (exact) mass is 734 g/mol. The summed E-state index contributed by atoms with van der Waals surface area (Å²) in [5, 5.41) is 17.3. The fourth-order valence-electron chi connectivity index (χ4n) is 7.35. The number of sulfone groups is 1. The maximum absolute atomic E-state index is 13.3. The molecule has 16 nitrogen and oxygen atoms in total. The van der Waals surface area contributed by atoms with E-state index < -0.39 is 32.8 Å². The SMILES string of the molecule is CN1Cc2c(ccc3c2OCO3)[C@H]2[C@@H](OC(=O)CCCC(=O)NCCOc3no[n+]([O-])c3S(=O)(=O)c3ccccc3)Cc3cc4c(cc3[C@H]21)OCO4. The maximum Gasteiger partial charge on any atom is 0.415 e. The van der Waals surface area contributed by atoms with Gasteiger partial charge in [-0.3, -0.25) is 19.1 Å². The van der Waals surface area contributed by atoms with Crippen molar-refractivity contribution in [2.75, 3.05) is 33.8 Å². The van der Waals surface area contributed by atoms with E-state index in [1.807, 2.05) is 31.3 Å². The van der Waals surface area contributed by atoms with Crippen LogP contribution in [0.4, 0.5) is 0 Å². The van der Waals surface area contributed by atoms with Crippen molar-refractivity contribution in [2.45, 2.75) is 60.2 Å². The van der Waals surface area contributed by atoms with Crippen LogP contribution in [0.2, 0.25) is 0 Å². The quantitative estimate of drug-likeness (QED) is 0.134. The van der Waals surface area contributed by atoms with E-state index in [9.17, 15) is 23.2 Å². The average molecular weight is 735 g/mol. The Morgan fingerprint density at radius 2 is 1.77 bits per heavy atom. The molecular weight excluding hydrogens is 700 g/mol. The lowest BCUT2D eigenvalue weighted by molar-refractivity contribution is -0.832. The minimum atomic E-state index is -4.27. The van der Waals surface area contributed by atoms with Crippen LogP contribution in [-0.2, 0) is 37.1 Å². The lowest BCUT2D eigenvalue weighted by atomic mass is 9.70. The third-order valence-corrected chi connectivity index (χ3v) is 11.3. The Hall–Kier alpha value is -5.55. The molecule has 0 fully saturated rings. The molecule has 3 atom stereocenters. The van der Waals surface area contributed by atoms with Gasteiger partial charge in [-0.1, -0.05) is 24.3 Å². The van der Waals surface area contributed by atoms with Crippen molar-refractivity contribution in [1.29, 1.82) is 0 Å². The van der Waals surface area contributed by atoms with Gasteiger partial charge in [-0.05, 0) is 65.4 Å². The Bertz CT molecular complexity index is 2140. The second-order valence-corrected chi connectivity index (χ2v) is 14.7. The van der Waals surface area contributed by atoms with E-state index in [0.717, 1.165) is 22.3 Å². The number of carbonyl (C=O) groups is 2. The number of aromatic nitrogens is 2. The minimum Gasteiger partial charge on any atom is -0.461 e. The summed E-state index contributed by atoms with van der Waals surface area (Å²) < 4.78 is 64.7. The second-order valence-electron chi connectivity index (χ2n) is 12.8. The van der Waals surface area contributed by atoms with Crippen LogP contribution < -0.4 is 33.9 Å². The topological polar surface area (TPSA) is 192 Å². The van der Waals surface area contributed by atoms with Crippen molar-refractivity contribution < 1.29 is 56.0 Å². The number of fused-ring (bicyclic) bond motifs is 8. The molecule has 4 heterocycles. The van der Waals surface area contributed by atoms with Gasteiger partial charge in [-0.25, -0.2) is 8.42 Å². The van der Waals surface area contributed by atoms with Crippen molar-refractivity contribution in [3.8, 4) is 28.9 Å². The molecule has 52 heavy (non-hydrogen) atoms. The summed E-state index contributed by atoms with van der Waals surface area (Å²) in [7, 11) is -2.23. The smallest absolute Gasteiger partial charge is 0.415 e. The van der Waals surface area contributed by atoms with Gasteiger partial charge in [-0.2, -0.15) is 0 Å². The van der Waals surface area contributed by atoms with Gasteiger partial charge in [0.2, 0.25) is 19.5 Å². The highest BCUT2D eigenvalue weighted by Crippen LogP contribution is 2.54. The van der Waals surface area contributed by atoms with Crippen molar-refractivity contribution in [3.63, 3.8) is 0 Å². The molecule has 17 heteroatoms. The zero-order valence-electron chi connectivity index (χ0n) is 27.9. The van der Waals surface area contributed by atoms with Gasteiger partial charge in [0.1, 0.15) is 12.7 Å². The summed E-state index contributed by atoms with van der Waals surface area (Å²) in [6.45, 7) is 0.700. The van der Waals surface area contributed by atoms with E-state index in [0.29, 0.717) is 36.0 Å². The first-order valence-electron chi connectivity index (χ1n) is 16.7. The second kappa shape index (κ2) is 13.5. The Morgan fingerprint density at radius 3 is 2.60 bits per heavy atom. The molecule has 0 saturated heterocycles. The Balaban J connectivity index is 0.882. The highest BCUT2D eigenvalue weighted by atomic mass is 32.2. The van der Waals surface area contributed by atoms with Crippen molar-refractivity contribution in [2.24, 2.45) is 0 Å².